The van der Waals surface area contributed by atoms with E-state index in [1.807, 2.05) is 43.3 Å². The summed E-state index contributed by atoms with van der Waals surface area (Å²) in [6.07, 6.45) is 2.03. The Labute approximate surface area is 120 Å². The zero-order chi connectivity index (χ0) is 14.5. The van der Waals surface area contributed by atoms with Gasteiger partial charge in [-0.05, 0) is 48.6 Å². The molecule has 0 aliphatic carbocycles. The van der Waals surface area contributed by atoms with Gasteiger partial charge in [0, 0.05) is 11.1 Å². The monoisotopic (exact) mass is 258 g/mol. The maximum absolute atomic E-state index is 4.06. The SMILES string of the molecule is C=C(C)/C=c1/ccc(C#Cc2ccc(C)cc2)cc1=C. The summed E-state index contributed by atoms with van der Waals surface area (Å²) in [5.74, 6) is 6.35. The molecule has 0 spiro atoms. The lowest BCUT2D eigenvalue weighted by atomic mass is 10.1. The molecule has 0 unspecified atom stereocenters. The maximum Gasteiger partial charge on any atom is 0.0255 e. The fourth-order valence-corrected chi connectivity index (χ4v) is 1.87. The molecule has 98 valence electrons. The van der Waals surface area contributed by atoms with E-state index in [1.165, 1.54) is 5.56 Å². The molecule has 0 heteroatoms. The molecule has 20 heavy (non-hydrogen) atoms. The summed E-state index contributed by atoms with van der Waals surface area (Å²) in [4.78, 5) is 0. The van der Waals surface area contributed by atoms with E-state index in [2.05, 4.69) is 44.1 Å². The van der Waals surface area contributed by atoms with Gasteiger partial charge in [0.15, 0.2) is 0 Å². The van der Waals surface area contributed by atoms with Crippen molar-refractivity contribution in [3.8, 4) is 11.8 Å². The molecule has 0 radical (unpaired) electrons. The molecule has 0 N–H and O–H groups in total. The van der Waals surface area contributed by atoms with Crippen molar-refractivity contribution >= 4 is 12.7 Å². The number of hydrogen-bond donors (Lipinski definition) is 0. The van der Waals surface area contributed by atoms with Crippen LogP contribution in [0.2, 0.25) is 0 Å². The molecule has 0 atom stereocenters. The molecule has 2 aromatic rings. The molecule has 0 aliphatic rings. The Bertz CT molecular complexity index is 794. The minimum Gasteiger partial charge on any atom is -0.0961 e. The van der Waals surface area contributed by atoms with Crippen molar-refractivity contribution in [3.05, 3.63) is 81.7 Å². The van der Waals surface area contributed by atoms with Crippen molar-refractivity contribution in [1.29, 1.82) is 0 Å². The van der Waals surface area contributed by atoms with Crippen LogP contribution in [0.5, 0.6) is 0 Å². The highest BCUT2D eigenvalue weighted by molar-refractivity contribution is 5.47. The number of rotatable bonds is 1. The van der Waals surface area contributed by atoms with Crippen LogP contribution in [0.25, 0.3) is 12.7 Å². The lowest BCUT2D eigenvalue weighted by Gasteiger charge is -1.94. The van der Waals surface area contributed by atoms with Crippen molar-refractivity contribution in [2.45, 2.75) is 13.8 Å². The first kappa shape index (κ1) is 13.9. The van der Waals surface area contributed by atoms with E-state index in [4.69, 9.17) is 0 Å². The lowest BCUT2D eigenvalue weighted by molar-refractivity contribution is 1.46. The number of aryl methyl sites for hydroxylation is 1. The van der Waals surface area contributed by atoms with Crippen LogP contribution in [0.15, 0.2) is 54.6 Å². The van der Waals surface area contributed by atoms with E-state index in [-0.39, 0.29) is 0 Å². The summed E-state index contributed by atoms with van der Waals surface area (Å²) < 4.78 is 0. The van der Waals surface area contributed by atoms with Gasteiger partial charge in [0.2, 0.25) is 0 Å². The van der Waals surface area contributed by atoms with Gasteiger partial charge in [-0.15, -0.1) is 0 Å². The van der Waals surface area contributed by atoms with E-state index in [1.54, 1.807) is 0 Å². The minimum absolute atomic E-state index is 0.976. The summed E-state index contributed by atoms with van der Waals surface area (Å²) >= 11 is 0. The molecule has 0 bridgehead atoms. The second kappa shape index (κ2) is 6.08. The zero-order valence-electron chi connectivity index (χ0n) is 12.0. The Kier molecular flexibility index (Phi) is 4.23. The van der Waals surface area contributed by atoms with Crippen molar-refractivity contribution in [2.24, 2.45) is 0 Å². The summed E-state index contributed by atoms with van der Waals surface area (Å²) in [6, 6.07) is 14.3. The van der Waals surface area contributed by atoms with Gasteiger partial charge in [0.05, 0.1) is 0 Å². The summed E-state index contributed by atoms with van der Waals surface area (Å²) in [5, 5.41) is 2.07. The fraction of sp³-hybridized carbons (Fsp3) is 0.100. The van der Waals surface area contributed by atoms with Gasteiger partial charge in [0.1, 0.15) is 0 Å². The number of benzene rings is 2. The first-order chi connectivity index (χ1) is 9.54. The van der Waals surface area contributed by atoms with Crippen LogP contribution in [0, 0.1) is 18.8 Å². The first-order valence-corrected chi connectivity index (χ1v) is 6.59. The molecule has 0 nitrogen and oxygen atoms in total. The highest BCUT2D eigenvalue weighted by Gasteiger charge is 1.90. The predicted octanol–water partition coefficient (Wildman–Crippen LogP) is 3.16. The minimum atomic E-state index is 0.976. The molecule has 0 heterocycles. The highest BCUT2D eigenvalue weighted by atomic mass is 13.9. The van der Waals surface area contributed by atoms with E-state index >= 15 is 0 Å². The van der Waals surface area contributed by atoms with E-state index < -0.39 is 0 Å². The third kappa shape index (κ3) is 3.73. The van der Waals surface area contributed by atoms with E-state index in [0.717, 1.165) is 27.1 Å². The maximum atomic E-state index is 4.06. The average molecular weight is 258 g/mol. The Balaban J connectivity index is 2.33. The standard InChI is InChI=1S/C20H18/c1-15(2)13-20-12-11-19(14-17(20)4)10-9-18-7-5-16(3)6-8-18/h5-8,11-14H,1,4H2,2-3H3/b20-13-. The molecule has 0 aliphatic heterocycles. The van der Waals surface area contributed by atoms with Crippen LogP contribution in [-0.2, 0) is 0 Å². The Morgan fingerprint density at radius 1 is 1.00 bits per heavy atom. The smallest absolute Gasteiger partial charge is 0.0255 e. The summed E-state index contributed by atoms with van der Waals surface area (Å²) in [5.41, 5.74) is 4.27. The highest BCUT2D eigenvalue weighted by Crippen LogP contribution is 2.01. The van der Waals surface area contributed by atoms with Crippen LogP contribution in [0.4, 0.5) is 0 Å². The van der Waals surface area contributed by atoms with Crippen molar-refractivity contribution in [1.82, 2.24) is 0 Å². The van der Waals surface area contributed by atoms with Gasteiger partial charge in [-0.2, -0.15) is 0 Å². The van der Waals surface area contributed by atoms with Crippen molar-refractivity contribution in [3.63, 3.8) is 0 Å². The number of hydrogen-bond acceptors (Lipinski definition) is 0. The molecule has 0 saturated heterocycles. The summed E-state index contributed by atoms with van der Waals surface area (Å²) in [7, 11) is 0. The van der Waals surface area contributed by atoms with Crippen LogP contribution in [0.1, 0.15) is 23.6 Å². The van der Waals surface area contributed by atoms with Crippen LogP contribution in [0.3, 0.4) is 0 Å². The third-order valence-electron chi connectivity index (χ3n) is 2.95. The third-order valence-corrected chi connectivity index (χ3v) is 2.95. The van der Waals surface area contributed by atoms with Gasteiger partial charge in [-0.3, -0.25) is 0 Å². The first-order valence-electron chi connectivity index (χ1n) is 6.59. The van der Waals surface area contributed by atoms with Gasteiger partial charge in [-0.1, -0.05) is 60.4 Å². The molecular formula is C20H18. The second-order valence-electron chi connectivity index (χ2n) is 5.02. The van der Waals surface area contributed by atoms with Crippen molar-refractivity contribution < 1.29 is 0 Å². The Morgan fingerprint density at radius 3 is 2.20 bits per heavy atom. The average Bonchev–Trinajstić information content (AvgIpc) is 2.40. The quantitative estimate of drug-likeness (QED) is 0.689. The molecule has 0 aromatic heterocycles. The largest absolute Gasteiger partial charge is 0.0961 e. The molecular weight excluding hydrogens is 240 g/mol. The normalized spacial score (nSPS) is 10.8. The van der Waals surface area contributed by atoms with Gasteiger partial charge < -0.3 is 0 Å². The number of allylic oxidation sites excluding steroid dienone is 1. The van der Waals surface area contributed by atoms with Gasteiger partial charge in [0.25, 0.3) is 0 Å². The molecule has 0 saturated carbocycles. The lowest BCUT2D eigenvalue weighted by Crippen LogP contribution is -2.22. The van der Waals surface area contributed by atoms with E-state index in [0.29, 0.717) is 0 Å². The molecule has 2 rings (SSSR count). The molecule has 0 fully saturated rings. The summed E-state index contributed by atoms with van der Waals surface area (Å²) in [6.45, 7) is 12.0. The second-order valence-corrected chi connectivity index (χ2v) is 5.02. The molecule has 2 aromatic carbocycles. The van der Waals surface area contributed by atoms with Gasteiger partial charge in [-0.25, -0.2) is 0 Å². The van der Waals surface area contributed by atoms with Crippen LogP contribution in [-0.4, -0.2) is 0 Å². The van der Waals surface area contributed by atoms with Crippen molar-refractivity contribution in [2.75, 3.05) is 0 Å². The predicted molar refractivity (Wildman–Crippen MR) is 87.7 cm³/mol. The Morgan fingerprint density at radius 2 is 1.60 bits per heavy atom. The van der Waals surface area contributed by atoms with E-state index in [9.17, 15) is 0 Å². The topological polar surface area (TPSA) is 0 Å². The van der Waals surface area contributed by atoms with Crippen LogP contribution < -0.4 is 10.4 Å². The van der Waals surface area contributed by atoms with Gasteiger partial charge >= 0.3 is 0 Å². The van der Waals surface area contributed by atoms with Crippen LogP contribution >= 0.6 is 0 Å². The fourth-order valence-electron chi connectivity index (χ4n) is 1.87. The zero-order valence-corrected chi connectivity index (χ0v) is 12.0. The Hall–Kier alpha value is -2.52. The molecule has 0 amide bonds.